The summed E-state index contributed by atoms with van der Waals surface area (Å²) in [5, 5.41) is 4.69. The number of nitrogens with zero attached hydrogens (tertiary/aromatic N) is 1. The summed E-state index contributed by atoms with van der Waals surface area (Å²) in [4.78, 5) is 52.3. The highest BCUT2D eigenvalue weighted by Crippen LogP contribution is 2.39. The predicted molar refractivity (Wildman–Crippen MR) is 115 cm³/mol. The van der Waals surface area contributed by atoms with Crippen molar-refractivity contribution in [1.82, 2.24) is 4.90 Å². The molecule has 3 heterocycles. The number of rotatable bonds is 6. The molecule has 0 spiro atoms. The number of nitrogens with one attached hydrogen (secondary N) is 1. The van der Waals surface area contributed by atoms with Crippen LogP contribution in [0.15, 0.2) is 22.4 Å². The zero-order valence-electron chi connectivity index (χ0n) is 15.2. The van der Waals surface area contributed by atoms with Gasteiger partial charge < -0.3 is 11.1 Å². The van der Waals surface area contributed by atoms with Gasteiger partial charge in [0, 0.05) is 22.7 Å². The maximum absolute atomic E-state index is 12.5. The van der Waals surface area contributed by atoms with E-state index in [1.54, 1.807) is 6.08 Å². The van der Waals surface area contributed by atoms with Crippen LogP contribution >= 0.6 is 34.4 Å². The molecule has 150 valence electrons. The molecule has 4 amide bonds. The van der Waals surface area contributed by atoms with Gasteiger partial charge in [-0.25, -0.2) is 0 Å². The first-order chi connectivity index (χ1) is 13.9. The highest BCUT2D eigenvalue weighted by atomic mass is 32.2. The second kappa shape index (κ2) is 8.13. The Morgan fingerprint density at radius 3 is 2.83 bits per heavy atom. The summed E-state index contributed by atoms with van der Waals surface area (Å²) in [6.45, 7) is -0.0186. The minimum atomic E-state index is -0.552. The Balaban J connectivity index is 1.40. The van der Waals surface area contributed by atoms with E-state index in [-0.39, 0.29) is 18.9 Å². The van der Waals surface area contributed by atoms with Gasteiger partial charge in [0.1, 0.15) is 5.00 Å². The number of fused-ring (bicyclic) bond motifs is 1. The van der Waals surface area contributed by atoms with Gasteiger partial charge in [0.2, 0.25) is 5.91 Å². The van der Waals surface area contributed by atoms with Gasteiger partial charge in [-0.2, -0.15) is 0 Å². The zero-order chi connectivity index (χ0) is 20.5. The van der Waals surface area contributed by atoms with Crippen LogP contribution in [0, 0.1) is 0 Å². The molecule has 3 N–H and O–H groups in total. The van der Waals surface area contributed by atoms with Gasteiger partial charge in [0.15, 0.2) is 0 Å². The molecular weight excluding hydrogens is 430 g/mol. The Kier molecular flexibility index (Phi) is 5.57. The number of hydrogen-bond acceptors (Lipinski definition) is 7. The Morgan fingerprint density at radius 1 is 1.28 bits per heavy atom. The van der Waals surface area contributed by atoms with Crippen molar-refractivity contribution in [1.29, 1.82) is 0 Å². The molecule has 7 nitrogen and oxygen atoms in total. The fraction of sp³-hybridized carbons (Fsp3) is 0.263. The number of thiophene rings is 2. The third-order valence-electron chi connectivity index (χ3n) is 4.67. The molecule has 0 bridgehead atoms. The van der Waals surface area contributed by atoms with E-state index in [0.717, 1.165) is 51.2 Å². The molecule has 2 aromatic rings. The highest BCUT2D eigenvalue weighted by Gasteiger charge is 2.35. The molecule has 10 heteroatoms. The smallest absolute Gasteiger partial charge is 0.293 e. The van der Waals surface area contributed by atoms with Crippen LogP contribution < -0.4 is 11.1 Å². The molecule has 0 aromatic carbocycles. The van der Waals surface area contributed by atoms with Crippen molar-refractivity contribution < 1.29 is 19.2 Å². The molecule has 2 aromatic heterocycles. The molecule has 4 rings (SSSR count). The topological polar surface area (TPSA) is 110 Å². The standard InChI is InChI=1S/C19H17N3O4S3/c20-16(24)15-11-4-1-5-12(11)28-17(15)21-14(23)6-7-22-18(25)13(29-19(22)26)9-10-3-2-8-27-10/h2-3,8-9H,1,4-7H2,(H2,20,24)(H,21,23)/b13-9-. The Morgan fingerprint density at radius 2 is 2.10 bits per heavy atom. The summed E-state index contributed by atoms with van der Waals surface area (Å²) in [7, 11) is 0. The minimum absolute atomic E-state index is 0.0186. The van der Waals surface area contributed by atoms with Crippen molar-refractivity contribution in [2.75, 3.05) is 11.9 Å². The molecule has 0 atom stereocenters. The summed E-state index contributed by atoms with van der Waals surface area (Å²) < 4.78 is 0. The van der Waals surface area contributed by atoms with Crippen LogP contribution in [0.4, 0.5) is 9.80 Å². The van der Waals surface area contributed by atoms with Gasteiger partial charge in [-0.1, -0.05) is 6.07 Å². The maximum atomic E-state index is 12.5. The van der Waals surface area contributed by atoms with E-state index in [9.17, 15) is 19.2 Å². The SMILES string of the molecule is NC(=O)c1c(NC(=O)CCN2C(=O)S/C(=C\c3cccs3)C2=O)sc2c1CCC2. The lowest BCUT2D eigenvalue weighted by Crippen LogP contribution is -2.31. The van der Waals surface area contributed by atoms with Crippen LogP contribution in [0.2, 0.25) is 0 Å². The number of hydrogen-bond donors (Lipinski definition) is 2. The van der Waals surface area contributed by atoms with Gasteiger partial charge in [-0.05, 0) is 54.1 Å². The number of carbonyl (C=O) groups excluding carboxylic acids is 4. The summed E-state index contributed by atoms with van der Waals surface area (Å²) in [5.74, 6) is -1.31. The summed E-state index contributed by atoms with van der Waals surface area (Å²) in [5.41, 5.74) is 6.82. The molecule has 1 aliphatic carbocycles. The van der Waals surface area contributed by atoms with Gasteiger partial charge in [0.25, 0.3) is 17.1 Å². The monoisotopic (exact) mass is 447 g/mol. The van der Waals surface area contributed by atoms with Crippen LogP contribution in [0.5, 0.6) is 0 Å². The third-order valence-corrected chi connectivity index (χ3v) is 7.61. The average molecular weight is 448 g/mol. The van der Waals surface area contributed by atoms with E-state index < -0.39 is 17.1 Å². The molecule has 0 radical (unpaired) electrons. The fourth-order valence-corrected chi connectivity index (χ4v) is 6.25. The van der Waals surface area contributed by atoms with Gasteiger partial charge >= 0.3 is 0 Å². The first kappa shape index (κ1) is 19.9. The quantitative estimate of drug-likeness (QED) is 0.659. The first-order valence-corrected chi connectivity index (χ1v) is 11.5. The van der Waals surface area contributed by atoms with Crippen LogP contribution in [0.1, 0.15) is 38.5 Å². The van der Waals surface area contributed by atoms with Crippen LogP contribution in [0.3, 0.4) is 0 Å². The van der Waals surface area contributed by atoms with E-state index in [1.165, 1.54) is 22.7 Å². The lowest BCUT2D eigenvalue weighted by atomic mass is 10.1. The van der Waals surface area contributed by atoms with E-state index in [4.69, 9.17) is 5.73 Å². The van der Waals surface area contributed by atoms with Gasteiger partial charge in [0.05, 0.1) is 10.5 Å². The zero-order valence-corrected chi connectivity index (χ0v) is 17.7. The Labute approximate surface area is 179 Å². The molecule has 1 fully saturated rings. The normalized spacial score (nSPS) is 17.2. The van der Waals surface area contributed by atoms with Crippen LogP contribution in [-0.2, 0) is 22.4 Å². The number of nitrogens with two attached hydrogens (primary N) is 1. The lowest BCUT2D eigenvalue weighted by molar-refractivity contribution is -0.123. The van der Waals surface area contributed by atoms with E-state index in [2.05, 4.69) is 5.32 Å². The summed E-state index contributed by atoms with van der Waals surface area (Å²) in [6.07, 6.45) is 4.28. The minimum Gasteiger partial charge on any atom is -0.365 e. The van der Waals surface area contributed by atoms with Crippen molar-refractivity contribution in [3.05, 3.63) is 43.3 Å². The Hall–Kier alpha value is -2.43. The molecular formula is C19H17N3O4S3. The molecule has 0 saturated carbocycles. The van der Waals surface area contributed by atoms with Crippen LogP contribution in [-0.4, -0.2) is 34.4 Å². The largest absolute Gasteiger partial charge is 0.365 e. The van der Waals surface area contributed by atoms with Crippen molar-refractivity contribution >= 4 is 68.5 Å². The molecule has 1 saturated heterocycles. The van der Waals surface area contributed by atoms with Crippen molar-refractivity contribution in [3.63, 3.8) is 0 Å². The van der Waals surface area contributed by atoms with E-state index >= 15 is 0 Å². The van der Waals surface area contributed by atoms with Crippen LogP contribution in [0.25, 0.3) is 6.08 Å². The fourth-order valence-electron chi connectivity index (χ4n) is 3.35. The summed E-state index contributed by atoms with van der Waals surface area (Å²) in [6, 6.07) is 3.73. The number of amides is 4. The predicted octanol–water partition coefficient (Wildman–Crippen LogP) is 3.46. The molecule has 0 unspecified atom stereocenters. The number of carbonyl (C=O) groups is 4. The molecule has 2 aliphatic rings. The number of anilines is 1. The van der Waals surface area contributed by atoms with E-state index in [1.807, 2.05) is 17.5 Å². The number of aryl methyl sites for hydroxylation is 1. The second-order valence-corrected chi connectivity index (χ2v) is 9.65. The second-order valence-electron chi connectivity index (χ2n) is 6.57. The summed E-state index contributed by atoms with van der Waals surface area (Å²) >= 11 is 3.72. The van der Waals surface area contributed by atoms with E-state index in [0.29, 0.717) is 15.5 Å². The highest BCUT2D eigenvalue weighted by molar-refractivity contribution is 8.18. The van der Waals surface area contributed by atoms with Gasteiger partial charge in [-0.3, -0.25) is 24.1 Å². The van der Waals surface area contributed by atoms with Crippen molar-refractivity contribution in [3.8, 4) is 0 Å². The lowest BCUT2D eigenvalue weighted by Gasteiger charge is -2.12. The van der Waals surface area contributed by atoms with Crippen molar-refractivity contribution in [2.45, 2.75) is 25.7 Å². The average Bonchev–Trinajstić information content (AvgIpc) is 3.41. The number of primary amides is 1. The first-order valence-electron chi connectivity index (χ1n) is 8.97. The number of thioether (sulfide) groups is 1. The molecule has 1 aliphatic heterocycles. The molecule has 29 heavy (non-hydrogen) atoms. The third kappa shape index (κ3) is 4.00. The van der Waals surface area contributed by atoms with Crippen molar-refractivity contribution in [2.24, 2.45) is 5.73 Å². The van der Waals surface area contributed by atoms with Gasteiger partial charge in [-0.15, -0.1) is 22.7 Å². The Bertz CT molecular complexity index is 1040. The maximum Gasteiger partial charge on any atom is 0.293 e. The number of imide groups is 1.